The van der Waals surface area contributed by atoms with Gasteiger partial charge < -0.3 is 15.0 Å². The first-order chi connectivity index (χ1) is 9.60. The number of aryl methyl sites for hydroxylation is 1. The molecule has 0 spiro atoms. The molecule has 0 saturated carbocycles. The smallest absolute Gasteiger partial charge is 0.225 e. The van der Waals surface area contributed by atoms with Crippen LogP contribution in [-0.4, -0.2) is 42.8 Å². The molecule has 20 heavy (non-hydrogen) atoms. The first-order valence-electron chi connectivity index (χ1n) is 7.41. The number of hydrogen-bond donors (Lipinski definition) is 1. The van der Waals surface area contributed by atoms with Gasteiger partial charge in [0, 0.05) is 44.2 Å². The summed E-state index contributed by atoms with van der Waals surface area (Å²) in [7, 11) is 1.77. The molecular formula is C15H26N4O. The molecule has 0 amide bonds. The molecular weight excluding hydrogens is 252 g/mol. The van der Waals surface area contributed by atoms with Crippen molar-refractivity contribution in [3.8, 4) is 0 Å². The van der Waals surface area contributed by atoms with E-state index in [0.29, 0.717) is 12.0 Å². The van der Waals surface area contributed by atoms with E-state index in [1.54, 1.807) is 7.11 Å². The van der Waals surface area contributed by atoms with Gasteiger partial charge in [0.05, 0.1) is 6.10 Å². The summed E-state index contributed by atoms with van der Waals surface area (Å²) in [5.41, 5.74) is 2.24. The van der Waals surface area contributed by atoms with Gasteiger partial charge in [0.2, 0.25) is 5.95 Å². The van der Waals surface area contributed by atoms with Crippen LogP contribution in [0.3, 0.4) is 0 Å². The number of hydrogen-bond acceptors (Lipinski definition) is 5. The topological polar surface area (TPSA) is 50.3 Å². The molecule has 1 aromatic heterocycles. The highest BCUT2D eigenvalue weighted by Gasteiger charge is 2.24. The molecule has 1 aromatic rings. The second kappa shape index (κ2) is 6.99. The molecule has 0 aliphatic carbocycles. The summed E-state index contributed by atoms with van der Waals surface area (Å²) in [5.74, 6) is 1.49. The van der Waals surface area contributed by atoms with E-state index in [-0.39, 0.29) is 0 Å². The monoisotopic (exact) mass is 278 g/mol. The van der Waals surface area contributed by atoms with Gasteiger partial charge in [0.25, 0.3) is 0 Å². The van der Waals surface area contributed by atoms with Crippen molar-refractivity contribution in [2.45, 2.75) is 39.8 Å². The van der Waals surface area contributed by atoms with Gasteiger partial charge >= 0.3 is 0 Å². The Balaban J connectivity index is 1.95. The number of rotatable bonds is 6. The zero-order valence-electron chi connectivity index (χ0n) is 13.0. The van der Waals surface area contributed by atoms with E-state index < -0.39 is 0 Å². The van der Waals surface area contributed by atoms with Crippen molar-refractivity contribution < 1.29 is 4.74 Å². The number of nitrogens with zero attached hydrogens (tertiary/aromatic N) is 3. The predicted molar refractivity (Wildman–Crippen MR) is 80.9 cm³/mol. The third kappa shape index (κ3) is 3.90. The first-order valence-corrected chi connectivity index (χ1v) is 7.41. The summed E-state index contributed by atoms with van der Waals surface area (Å²) < 4.78 is 5.39. The maximum Gasteiger partial charge on any atom is 0.225 e. The summed E-state index contributed by atoms with van der Waals surface area (Å²) in [6.45, 7) is 10.2. The van der Waals surface area contributed by atoms with Crippen LogP contribution >= 0.6 is 0 Å². The van der Waals surface area contributed by atoms with Crippen molar-refractivity contribution in [3.05, 3.63) is 17.5 Å². The van der Waals surface area contributed by atoms with Crippen molar-refractivity contribution in [3.63, 3.8) is 0 Å². The van der Waals surface area contributed by atoms with Gasteiger partial charge in [-0.3, -0.25) is 0 Å². The SMILES string of the molecule is COC1CCN(c2ncc(CNCC(C)C)c(C)n2)C1. The number of anilines is 1. The zero-order chi connectivity index (χ0) is 14.5. The van der Waals surface area contributed by atoms with E-state index in [2.05, 4.69) is 41.0 Å². The minimum atomic E-state index is 0.311. The molecule has 5 heteroatoms. The lowest BCUT2D eigenvalue weighted by molar-refractivity contribution is 0.121. The molecule has 2 rings (SSSR count). The van der Waals surface area contributed by atoms with E-state index in [1.807, 2.05) is 6.20 Å². The van der Waals surface area contributed by atoms with Crippen LogP contribution in [-0.2, 0) is 11.3 Å². The first kappa shape index (κ1) is 15.2. The van der Waals surface area contributed by atoms with E-state index in [4.69, 9.17) is 4.74 Å². The quantitative estimate of drug-likeness (QED) is 0.859. The molecule has 0 radical (unpaired) electrons. The van der Waals surface area contributed by atoms with Crippen LogP contribution in [0, 0.1) is 12.8 Å². The summed E-state index contributed by atoms with van der Waals surface area (Å²) in [6.07, 6.45) is 3.31. The Bertz CT molecular complexity index is 436. The predicted octanol–water partition coefficient (Wildman–Crippen LogP) is 1.76. The van der Waals surface area contributed by atoms with Crippen molar-refractivity contribution in [2.75, 3.05) is 31.6 Å². The fourth-order valence-electron chi connectivity index (χ4n) is 2.40. The van der Waals surface area contributed by atoms with Gasteiger partial charge in [0.15, 0.2) is 0 Å². The van der Waals surface area contributed by atoms with E-state index in [9.17, 15) is 0 Å². The second-order valence-electron chi connectivity index (χ2n) is 5.90. The molecule has 1 atom stereocenters. The van der Waals surface area contributed by atoms with E-state index >= 15 is 0 Å². The van der Waals surface area contributed by atoms with Crippen molar-refractivity contribution in [2.24, 2.45) is 5.92 Å². The maximum absolute atomic E-state index is 5.39. The maximum atomic E-state index is 5.39. The minimum absolute atomic E-state index is 0.311. The number of aromatic nitrogens is 2. The molecule has 0 bridgehead atoms. The number of ether oxygens (including phenoxy) is 1. The lowest BCUT2D eigenvalue weighted by atomic mass is 10.2. The Morgan fingerprint density at radius 3 is 2.90 bits per heavy atom. The summed E-state index contributed by atoms with van der Waals surface area (Å²) in [6, 6.07) is 0. The summed E-state index contributed by atoms with van der Waals surface area (Å²) in [5, 5.41) is 3.43. The Kier molecular flexibility index (Phi) is 5.31. The van der Waals surface area contributed by atoms with Crippen molar-refractivity contribution in [1.29, 1.82) is 0 Å². The molecule has 1 aliphatic heterocycles. The van der Waals surface area contributed by atoms with Crippen LogP contribution in [0.15, 0.2) is 6.20 Å². The van der Waals surface area contributed by atoms with Gasteiger partial charge in [-0.15, -0.1) is 0 Å². The van der Waals surface area contributed by atoms with Gasteiger partial charge in [0.1, 0.15) is 0 Å². The fraction of sp³-hybridized carbons (Fsp3) is 0.733. The summed E-state index contributed by atoms with van der Waals surface area (Å²) in [4.78, 5) is 11.3. The second-order valence-corrected chi connectivity index (χ2v) is 5.90. The van der Waals surface area contributed by atoms with Crippen LogP contribution in [0.1, 0.15) is 31.5 Å². The molecule has 1 saturated heterocycles. The number of nitrogens with one attached hydrogen (secondary N) is 1. The van der Waals surface area contributed by atoms with E-state index in [0.717, 1.165) is 44.2 Å². The molecule has 0 aromatic carbocycles. The molecule has 2 heterocycles. The highest BCUT2D eigenvalue weighted by Crippen LogP contribution is 2.18. The van der Waals surface area contributed by atoms with Crippen LogP contribution < -0.4 is 10.2 Å². The highest BCUT2D eigenvalue weighted by atomic mass is 16.5. The standard InChI is InChI=1S/C15H26N4O/c1-11(2)7-16-8-13-9-17-15(18-12(13)3)19-6-5-14(10-19)20-4/h9,11,14,16H,5-8,10H2,1-4H3. The van der Waals surface area contributed by atoms with Gasteiger partial charge in [-0.1, -0.05) is 13.8 Å². The zero-order valence-corrected chi connectivity index (χ0v) is 13.0. The largest absolute Gasteiger partial charge is 0.380 e. The van der Waals surface area contributed by atoms with Crippen LogP contribution in [0.4, 0.5) is 5.95 Å². The third-order valence-corrected chi connectivity index (χ3v) is 3.70. The highest BCUT2D eigenvalue weighted by molar-refractivity contribution is 5.34. The Labute approximate surface area is 121 Å². The molecule has 1 fully saturated rings. The molecule has 1 unspecified atom stereocenters. The lowest BCUT2D eigenvalue weighted by Crippen LogP contribution is -2.25. The third-order valence-electron chi connectivity index (χ3n) is 3.70. The van der Waals surface area contributed by atoms with Gasteiger partial charge in [-0.2, -0.15) is 0 Å². The van der Waals surface area contributed by atoms with Crippen LogP contribution in [0.25, 0.3) is 0 Å². The lowest BCUT2D eigenvalue weighted by Gasteiger charge is -2.17. The normalized spacial score (nSPS) is 19.1. The molecule has 1 N–H and O–H groups in total. The average molecular weight is 278 g/mol. The Hall–Kier alpha value is -1.20. The van der Waals surface area contributed by atoms with Crippen LogP contribution in [0.5, 0.6) is 0 Å². The average Bonchev–Trinajstić information content (AvgIpc) is 2.89. The van der Waals surface area contributed by atoms with Crippen LogP contribution in [0.2, 0.25) is 0 Å². The Morgan fingerprint density at radius 2 is 2.30 bits per heavy atom. The van der Waals surface area contributed by atoms with E-state index in [1.165, 1.54) is 5.56 Å². The summed E-state index contributed by atoms with van der Waals surface area (Å²) >= 11 is 0. The Morgan fingerprint density at radius 1 is 1.50 bits per heavy atom. The number of methoxy groups -OCH3 is 1. The molecule has 112 valence electrons. The van der Waals surface area contributed by atoms with Gasteiger partial charge in [-0.05, 0) is 25.8 Å². The molecule has 5 nitrogen and oxygen atoms in total. The minimum Gasteiger partial charge on any atom is -0.380 e. The fourth-order valence-corrected chi connectivity index (χ4v) is 2.40. The van der Waals surface area contributed by atoms with Crippen molar-refractivity contribution in [1.82, 2.24) is 15.3 Å². The van der Waals surface area contributed by atoms with Crippen molar-refractivity contribution >= 4 is 5.95 Å². The van der Waals surface area contributed by atoms with Gasteiger partial charge in [-0.25, -0.2) is 9.97 Å². The molecule has 1 aliphatic rings.